The van der Waals surface area contributed by atoms with Crippen molar-refractivity contribution < 1.29 is 0 Å². The minimum Gasteiger partial charge on any atom is -0.367 e. The molecular weight excluding hydrogens is 320 g/mol. The Labute approximate surface area is 156 Å². The molecule has 1 N–H and O–H groups in total. The van der Waals surface area contributed by atoms with Crippen LogP contribution in [0.15, 0.2) is 77.2 Å². The summed E-state index contributed by atoms with van der Waals surface area (Å²) in [6.45, 7) is 7.65. The fourth-order valence-electron chi connectivity index (χ4n) is 4.09. The van der Waals surface area contributed by atoms with Gasteiger partial charge in [-0.1, -0.05) is 32.0 Å². The molecule has 0 aromatic heterocycles. The topological polar surface area (TPSA) is 21.8 Å². The number of allylic oxidation sites excluding steroid dienone is 2. The van der Waals surface area contributed by atoms with Crippen molar-refractivity contribution in [1.82, 2.24) is 15.1 Å². The van der Waals surface area contributed by atoms with Gasteiger partial charge in [0, 0.05) is 48.6 Å². The van der Waals surface area contributed by atoms with Crippen molar-refractivity contribution in [1.29, 1.82) is 0 Å². The van der Waals surface area contributed by atoms with Crippen molar-refractivity contribution in [2.75, 3.05) is 18.5 Å². The number of nitrogens with zero attached hydrogens (tertiary/aromatic N) is 3. The average molecular weight is 348 g/mol. The number of hydrogen-bond donors (Lipinski definition) is 1. The number of anilines is 1. The molecule has 3 heterocycles. The lowest BCUT2D eigenvalue weighted by molar-refractivity contribution is 0.235. The normalized spacial score (nSPS) is 22.2. The first kappa shape index (κ1) is 16.8. The number of fused-ring (bicyclic) bond motifs is 1. The Balaban J connectivity index is 1.88. The molecule has 0 aliphatic carbocycles. The standard InChI is InChI=1S/C22H28N4/c1-5-17-14-21(25-13-12-24(4)16(25)3)20-15-23-22(19(20)6-2)26(17)18-10-8-7-9-11-18/h7-14,16,23H,5-6,15H2,1-4H3. The molecular formula is C22H28N4. The van der Waals surface area contributed by atoms with E-state index in [0.717, 1.165) is 19.4 Å². The maximum Gasteiger partial charge on any atom is 0.114 e. The van der Waals surface area contributed by atoms with Gasteiger partial charge in [0.2, 0.25) is 0 Å². The Morgan fingerprint density at radius 2 is 1.85 bits per heavy atom. The van der Waals surface area contributed by atoms with Crippen molar-refractivity contribution in [3.63, 3.8) is 0 Å². The molecule has 0 spiro atoms. The monoisotopic (exact) mass is 348 g/mol. The second-order valence-corrected chi connectivity index (χ2v) is 7.06. The predicted octanol–water partition coefficient (Wildman–Crippen LogP) is 4.34. The second-order valence-electron chi connectivity index (χ2n) is 7.06. The molecule has 1 unspecified atom stereocenters. The number of hydrogen-bond acceptors (Lipinski definition) is 4. The lowest BCUT2D eigenvalue weighted by Gasteiger charge is -2.32. The molecule has 136 valence electrons. The zero-order valence-corrected chi connectivity index (χ0v) is 16.2. The van der Waals surface area contributed by atoms with Crippen LogP contribution in [0.2, 0.25) is 0 Å². The van der Waals surface area contributed by atoms with Crippen LogP contribution in [0.3, 0.4) is 0 Å². The number of rotatable bonds is 4. The molecule has 1 aromatic rings. The Morgan fingerprint density at radius 3 is 2.46 bits per heavy atom. The van der Waals surface area contributed by atoms with Crippen molar-refractivity contribution >= 4 is 5.69 Å². The second kappa shape index (κ2) is 6.60. The Bertz CT molecular complexity index is 816. The maximum atomic E-state index is 3.69. The van der Waals surface area contributed by atoms with E-state index in [9.17, 15) is 0 Å². The third-order valence-electron chi connectivity index (χ3n) is 5.67. The van der Waals surface area contributed by atoms with Crippen LogP contribution in [-0.4, -0.2) is 29.6 Å². The molecule has 3 aliphatic heterocycles. The van der Waals surface area contributed by atoms with Gasteiger partial charge in [0.1, 0.15) is 12.0 Å². The lowest BCUT2D eigenvalue weighted by Crippen LogP contribution is -2.35. The van der Waals surface area contributed by atoms with Gasteiger partial charge in [-0.25, -0.2) is 0 Å². The van der Waals surface area contributed by atoms with Crippen LogP contribution in [0.4, 0.5) is 5.69 Å². The summed E-state index contributed by atoms with van der Waals surface area (Å²) in [6, 6.07) is 10.7. The molecule has 3 aliphatic rings. The molecule has 1 aromatic carbocycles. The molecule has 4 rings (SSSR count). The van der Waals surface area contributed by atoms with E-state index in [4.69, 9.17) is 0 Å². The molecule has 4 heteroatoms. The highest BCUT2D eigenvalue weighted by atomic mass is 15.4. The van der Waals surface area contributed by atoms with Crippen molar-refractivity contribution in [3.05, 3.63) is 77.2 Å². The van der Waals surface area contributed by atoms with E-state index >= 15 is 0 Å². The molecule has 0 saturated carbocycles. The van der Waals surface area contributed by atoms with Gasteiger partial charge in [0.25, 0.3) is 0 Å². The Kier molecular flexibility index (Phi) is 4.27. The molecule has 0 amide bonds. The first-order valence-electron chi connectivity index (χ1n) is 9.60. The van der Waals surface area contributed by atoms with E-state index in [1.807, 2.05) is 0 Å². The maximum absolute atomic E-state index is 3.69. The van der Waals surface area contributed by atoms with Crippen LogP contribution in [0.1, 0.15) is 33.6 Å². The van der Waals surface area contributed by atoms with Gasteiger partial charge in [-0.15, -0.1) is 0 Å². The molecule has 0 radical (unpaired) electrons. The highest BCUT2D eigenvalue weighted by Gasteiger charge is 2.33. The zero-order valence-electron chi connectivity index (χ0n) is 16.2. The van der Waals surface area contributed by atoms with E-state index in [2.05, 4.69) is 96.6 Å². The summed E-state index contributed by atoms with van der Waals surface area (Å²) >= 11 is 0. The summed E-state index contributed by atoms with van der Waals surface area (Å²) in [7, 11) is 2.14. The fourth-order valence-corrected chi connectivity index (χ4v) is 4.09. The van der Waals surface area contributed by atoms with Gasteiger partial charge < -0.3 is 20.0 Å². The van der Waals surface area contributed by atoms with Crippen LogP contribution in [0.25, 0.3) is 0 Å². The van der Waals surface area contributed by atoms with Crippen molar-refractivity contribution in [2.45, 2.75) is 39.8 Å². The van der Waals surface area contributed by atoms with Crippen LogP contribution >= 0.6 is 0 Å². The van der Waals surface area contributed by atoms with Gasteiger partial charge in [0.05, 0.1) is 0 Å². The fraction of sp³-hybridized carbons (Fsp3) is 0.364. The number of para-hydroxylation sites is 1. The number of nitrogens with one attached hydrogen (secondary N) is 1. The van der Waals surface area contributed by atoms with E-state index in [-0.39, 0.29) is 0 Å². The Morgan fingerprint density at radius 1 is 1.08 bits per heavy atom. The highest BCUT2D eigenvalue weighted by Crippen LogP contribution is 2.39. The SMILES string of the molecule is CCC1=CC(N2C=CN(C)C2C)=C2CNC(=C2CC)N1c1ccccc1. The lowest BCUT2D eigenvalue weighted by atomic mass is 10.0. The van der Waals surface area contributed by atoms with Crippen molar-refractivity contribution in [3.8, 4) is 0 Å². The largest absolute Gasteiger partial charge is 0.367 e. The summed E-state index contributed by atoms with van der Waals surface area (Å²) in [4.78, 5) is 7.07. The minimum atomic E-state index is 0.331. The van der Waals surface area contributed by atoms with Crippen LogP contribution in [0.5, 0.6) is 0 Å². The van der Waals surface area contributed by atoms with Gasteiger partial charge >= 0.3 is 0 Å². The molecule has 4 nitrogen and oxygen atoms in total. The summed E-state index contributed by atoms with van der Waals surface area (Å²) in [5, 5.41) is 3.69. The summed E-state index contributed by atoms with van der Waals surface area (Å²) < 4.78 is 0. The van der Waals surface area contributed by atoms with Gasteiger partial charge in [-0.05, 0) is 43.5 Å². The quantitative estimate of drug-likeness (QED) is 0.873. The van der Waals surface area contributed by atoms with Gasteiger partial charge in [-0.3, -0.25) is 0 Å². The first-order chi connectivity index (χ1) is 12.7. The Hall–Kier alpha value is -2.62. The van der Waals surface area contributed by atoms with Crippen LogP contribution in [-0.2, 0) is 0 Å². The first-order valence-corrected chi connectivity index (χ1v) is 9.60. The van der Waals surface area contributed by atoms with Gasteiger partial charge in [-0.2, -0.15) is 0 Å². The van der Waals surface area contributed by atoms with Crippen molar-refractivity contribution in [2.24, 2.45) is 0 Å². The molecule has 2 bridgehead atoms. The third-order valence-corrected chi connectivity index (χ3v) is 5.67. The summed E-state index contributed by atoms with van der Waals surface area (Å²) in [5.74, 6) is 1.25. The van der Waals surface area contributed by atoms with E-state index in [0.29, 0.717) is 6.17 Å². The van der Waals surface area contributed by atoms with Gasteiger partial charge in [0.15, 0.2) is 0 Å². The molecule has 0 fully saturated rings. The zero-order chi connectivity index (χ0) is 18.3. The summed E-state index contributed by atoms with van der Waals surface area (Å²) in [6.07, 6.45) is 9.10. The highest BCUT2D eigenvalue weighted by molar-refractivity contribution is 5.66. The van der Waals surface area contributed by atoms with Crippen LogP contribution < -0.4 is 10.2 Å². The third kappa shape index (κ3) is 2.52. The molecule has 26 heavy (non-hydrogen) atoms. The minimum absolute atomic E-state index is 0.331. The average Bonchev–Trinajstić information content (AvgIpc) is 3.18. The molecule has 1 atom stereocenters. The smallest absolute Gasteiger partial charge is 0.114 e. The summed E-state index contributed by atoms with van der Waals surface area (Å²) in [5.41, 5.74) is 6.73. The van der Waals surface area contributed by atoms with Crippen LogP contribution in [0, 0.1) is 0 Å². The molecule has 0 saturated heterocycles. The van der Waals surface area contributed by atoms with E-state index in [1.165, 1.54) is 34.0 Å². The van der Waals surface area contributed by atoms with E-state index < -0.39 is 0 Å². The number of benzene rings is 1. The van der Waals surface area contributed by atoms with E-state index in [1.54, 1.807) is 0 Å². The predicted molar refractivity (Wildman–Crippen MR) is 108 cm³/mol.